The molecule has 0 radical (unpaired) electrons. The Hall–Kier alpha value is -3.69. The standard InChI is InChI=1S/C23H26N6O4/c1-14-8-16(9-24-21(14)31-3)28-7-5-19-18(11-28)22(26-12-25-19)33-17-4-6-29(10-17)23(30)20-15(2)27-13-32-20/h8-9,12-13,17H,4-7,10-11H2,1-3H3/t17-/m0/s1. The van der Waals surface area contributed by atoms with E-state index >= 15 is 0 Å². The molecule has 0 bridgehead atoms. The molecule has 1 atom stereocenters. The van der Waals surface area contributed by atoms with Gasteiger partial charge in [-0.25, -0.2) is 19.9 Å². The normalized spacial score (nSPS) is 17.7. The first-order valence-corrected chi connectivity index (χ1v) is 11.0. The monoisotopic (exact) mass is 450 g/mol. The number of anilines is 1. The van der Waals surface area contributed by atoms with Crippen LogP contribution in [-0.4, -0.2) is 63.6 Å². The summed E-state index contributed by atoms with van der Waals surface area (Å²) in [5, 5.41) is 0. The van der Waals surface area contributed by atoms with E-state index in [9.17, 15) is 4.79 Å². The van der Waals surface area contributed by atoms with Crippen LogP contribution in [0.25, 0.3) is 0 Å². The summed E-state index contributed by atoms with van der Waals surface area (Å²) < 4.78 is 16.8. The minimum Gasteiger partial charge on any atom is -0.481 e. The molecular weight excluding hydrogens is 424 g/mol. The minimum absolute atomic E-state index is 0.142. The second-order valence-corrected chi connectivity index (χ2v) is 8.34. The average Bonchev–Trinajstić information content (AvgIpc) is 3.47. The number of ether oxygens (including phenoxy) is 2. The van der Waals surface area contributed by atoms with E-state index in [-0.39, 0.29) is 17.8 Å². The van der Waals surface area contributed by atoms with Crippen LogP contribution in [0.1, 0.15) is 39.5 Å². The number of oxazole rings is 1. The van der Waals surface area contributed by atoms with Crippen LogP contribution in [0.2, 0.25) is 0 Å². The van der Waals surface area contributed by atoms with Crippen molar-refractivity contribution in [3.8, 4) is 11.8 Å². The van der Waals surface area contributed by atoms with E-state index in [0.717, 1.165) is 41.9 Å². The summed E-state index contributed by atoms with van der Waals surface area (Å²) in [6, 6.07) is 2.08. The van der Waals surface area contributed by atoms with Gasteiger partial charge in [-0.2, -0.15) is 0 Å². The fourth-order valence-electron chi connectivity index (χ4n) is 4.39. The van der Waals surface area contributed by atoms with Gasteiger partial charge in [0.2, 0.25) is 17.5 Å². The molecule has 0 aliphatic carbocycles. The number of methoxy groups -OCH3 is 1. The lowest BCUT2D eigenvalue weighted by atomic mass is 10.1. The molecule has 172 valence electrons. The summed E-state index contributed by atoms with van der Waals surface area (Å²) in [5.74, 6) is 1.34. The quantitative estimate of drug-likeness (QED) is 0.579. The molecule has 33 heavy (non-hydrogen) atoms. The fraction of sp³-hybridized carbons (Fsp3) is 0.435. The first-order chi connectivity index (χ1) is 16.0. The van der Waals surface area contributed by atoms with Crippen LogP contribution in [0.5, 0.6) is 11.8 Å². The smallest absolute Gasteiger partial charge is 0.291 e. The number of hydrogen-bond donors (Lipinski definition) is 0. The Bertz CT molecular complexity index is 1180. The molecule has 0 unspecified atom stereocenters. The zero-order chi connectivity index (χ0) is 22.9. The van der Waals surface area contributed by atoms with E-state index in [0.29, 0.717) is 37.1 Å². The molecule has 0 spiro atoms. The van der Waals surface area contributed by atoms with Gasteiger partial charge in [0.15, 0.2) is 6.39 Å². The van der Waals surface area contributed by atoms with Crippen molar-refractivity contribution in [1.29, 1.82) is 0 Å². The fourth-order valence-corrected chi connectivity index (χ4v) is 4.39. The number of rotatable bonds is 5. The second kappa shape index (κ2) is 8.68. The number of amides is 1. The lowest BCUT2D eigenvalue weighted by molar-refractivity contribution is 0.0738. The van der Waals surface area contributed by atoms with Gasteiger partial charge in [0.05, 0.1) is 49.0 Å². The molecule has 0 saturated carbocycles. The Morgan fingerprint density at radius 2 is 2.03 bits per heavy atom. The van der Waals surface area contributed by atoms with Gasteiger partial charge in [-0.1, -0.05) is 0 Å². The summed E-state index contributed by atoms with van der Waals surface area (Å²) in [5.41, 5.74) is 4.58. The zero-order valence-corrected chi connectivity index (χ0v) is 18.9. The number of aromatic nitrogens is 4. The minimum atomic E-state index is -0.158. The Morgan fingerprint density at radius 1 is 1.15 bits per heavy atom. The summed E-state index contributed by atoms with van der Waals surface area (Å²) in [6.07, 6.45) is 6.05. The number of carbonyl (C=O) groups is 1. The highest BCUT2D eigenvalue weighted by Gasteiger charge is 2.32. The molecular formula is C23H26N6O4. The molecule has 5 rings (SSSR count). The highest BCUT2D eigenvalue weighted by atomic mass is 16.5. The summed E-state index contributed by atoms with van der Waals surface area (Å²) in [7, 11) is 1.62. The van der Waals surface area contributed by atoms with Crippen molar-refractivity contribution in [2.45, 2.75) is 39.3 Å². The van der Waals surface area contributed by atoms with Crippen molar-refractivity contribution in [1.82, 2.24) is 24.8 Å². The molecule has 3 aromatic heterocycles. The van der Waals surface area contributed by atoms with Gasteiger partial charge in [0.1, 0.15) is 12.4 Å². The van der Waals surface area contributed by atoms with Gasteiger partial charge in [0, 0.05) is 31.5 Å². The number of pyridine rings is 1. The molecule has 10 nitrogen and oxygen atoms in total. The van der Waals surface area contributed by atoms with E-state index in [1.165, 1.54) is 6.39 Å². The topological polar surface area (TPSA) is 107 Å². The SMILES string of the molecule is COc1ncc(N2CCc3ncnc(O[C@H]4CCN(C(=O)c5ocnc5C)C4)c3C2)cc1C. The van der Waals surface area contributed by atoms with E-state index in [1.54, 1.807) is 25.3 Å². The zero-order valence-electron chi connectivity index (χ0n) is 18.9. The van der Waals surface area contributed by atoms with Gasteiger partial charge >= 0.3 is 0 Å². The predicted molar refractivity (Wildman–Crippen MR) is 118 cm³/mol. The second-order valence-electron chi connectivity index (χ2n) is 8.34. The number of hydrogen-bond acceptors (Lipinski definition) is 9. The van der Waals surface area contributed by atoms with Crippen molar-refractivity contribution in [2.75, 3.05) is 31.6 Å². The van der Waals surface area contributed by atoms with E-state index in [2.05, 4.69) is 30.9 Å². The van der Waals surface area contributed by atoms with Gasteiger partial charge in [-0.3, -0.25) is 4.79 Å². The Labute approximate surface area is 191 Å². The van der Waals surface area contributed by atoms with Gasteiger partial charge < -0.3 is 23.7 Å². The Kier molecular flexibility index (Phi) is 5.57. The third kappa shape index (κ3) is 4.08. The number of aryl methyl sites for hydroxylation is 2. The first kappa shape index (κ1) is 21.2. The first-order valence-electron chi connectivity index (χ1n) is 11.0. The van der Waals surface area contributed by atoms with Gasteiger partial charge in [0.25, 0.3) is 5.91 Å². The number of fused-ring (bicyclic) bond motifs is 1. The van der Waals surface area contributed by atoms with Crippen LogP contribution in [0, 0.1) is 13.8 Å². The van der Waals surface area contributed by atoms with Crippen LogP contribution < -0.4 is 14.4 Å². The summed E-state index contributed by atoms with van der Waals surface area (Å²) >= 11 is 0. The molecule has 10 heteroatoms. The Morgan fingerprint density at radius 3 is 2.79 bits per heavy atom. The largest absolute Gasteiger partial charge is 0.481 e. The van der Waals surface area contributed by atoms with Crippen molar-refractivity contribution < 1.29 is 18.7 Å². The molecule has 0 N–H and O–H groups in total. The molecule has 5 heterocycles. The maximum atomic E-state index is 12.7. The van der Waals surface area contributed by atoms with Crippen LogP contribution in [0.15, 0.2) is 29.4 Å². The van der Waals surface area contributed by atoms with Crippen LogP contribution >= 0.6 is 0 Å². The third-order valence-electron chi connectivity index (χ3n) is 6.19. The number of carbonyl (C=O) groups excluding carboxylic acids is 1. The van der Waals surface area contributed by atoms with Crippen LogP contribution in [0.4, 0.5) is 5.69 Å². The van der Waals surface area contributed by atoms with Crippen molar-refractivity contribution >= 4 is 11.6 Å². The Balaban J connectivity index is 1.30. The molecule has 1 amide bonds. The van der Waals surface area contributed by atoms with E-state index in [4.69, 9.17) is 13.9 Å². The van der Waals surface area contributed by atoms with Crippen molar-refractivity contribution in [2.24, 2.45) is 0 Å². The highest BCUT2D eigenvalue weighted by molar-refractivity contribution is 5.92. The molecule has 2 aliphatic heterocycles. The van der Waals surface area contributed by atoms with E-state index < -0.39 is 0 Å². The lowest BCUT2D eigenvalue weighted by Gasteiger charge is -2.31. The third-order valence-corrected chi connectivity index (χ3v) is 6.19. The maximum Gasteiger partial charge on any atom is 0.291 e. The number of nitrogens with zero attached hydrogens (tertiary/aromatic N) is 6. The predicted octanol–water partition coefficient (Wildman–Crippen LogP) is 2.34. The highest BCUT2D eigenvalue weighted by Crippen LogP contribution is 2.31. The molecule has 1 fully saturated rings. The number of likely N-dealkylation sites (tertiary alicyclic amines) is 1. The maximum absolute atomic E-state index is 12.7. The van der Waals surface area contributed by atoms with Crippen LogP contribution in [0.3, 0.4) is 0 Å². The van der Waals surface area contributed by atoms with Gasteiger partial charge in [-0.15, -0.1) is 0 Å². The molecule has 2 aliphatic rings. The van der Waals surface area contributed by atoms with Crippen molar-refractivity contribution in [3.63, 3.8) is 0 Å². The average molecular weight is 450 g/mol. The van der Waals surface area contributed by atoms with Crippen LogP contribution in [-0.2, 0) is 13.0 Å². The van der Waals surface area contributed by atoms with Crippen molar-refractivity contribution in [3.05, 3.63) is 53.3 Å². The van der Waals surface area contributed by atoms with E-state index in [1.807, 2.05) is 13.1 Å². The summed E-state index contributed by atoms with van der Waals surface area (Å²) in [4.78, 5) is 34.0. The molecule has 3 aromatic rings. The molecule has 1 saturated heterocycles. The summed E-state index contributed by atoms with van der Waals surface area (Å²) in [6.45, 7) is 6.28. The van der Waals surface area contributed by atoms with Gasteiger partial charge in [-0.05, 0) is 19.9 Å². The molecule has 0 aromatic carbocycles. The lowest BCUT2D eigenvalue weighted by Crippen LogP contribution is -2.33.